The molecule has 0 amide bonds. The number of rotatable bonds is 4. The summed E-state index contributed by atoms with van der Waals surface area (Å²) in [5.41, 5.74) is 5.39. The van der Waals surface area contributed by atoms with Gasteiger partial charge in [0.2, 0.25) is 0 Å². The Morgan fingerprint density at radius 1 is 0.737 bits per heavy atom. The van der Waals surface area contributed by atoms with Crippen LogP contribution < -0.4 is 5.73 Å². The monoisotopic (exact) mass is 310 g/mol. The van der Waals surface area contributed by atoms with Gasteiger partial charge in [0.1, 0.15) is 0 Å². The van der Waals surface area contributed by atoms with Crippen LogP contribution in [0.15, 0.2) is 48.5 Å². The van der Waals surface area contributed by atoms with Gasteiger partial charge in [0.25, 0.3) is 0 Å². The SMILES string of the molecule is [CH3][AlH][N]([AlH2])c1ccc(-c2ccc([N]([AlH2])[AlH2])cc2)cc1. The Hall–Kier alpha value is 0.170. The first-order valence-electron chi connectivity index (χ1n) is 6.70. The summed E-state index contributed by atoms with van der Waals surface area (Å²) in [6.45, 7) is 0. The minimum Gasteiger partial charge on any atom is -0.570 e. The van der Waals surface area contributed by atoms with E-state index in [4.69, 9.17) is 0 Å². The molecule has 0 saturated carbocycles. The van der Waals surface area contributed by atoms with E-state index in [1.165, 1.54) is 22.5 Å². The van der Waals surface area contributed by atoms with E-state index in [2.05, 4.69) is 60.1 Å². The zero-order valence-corrected chi connectivity index (χ0v) is 19.6. The Kier molecular flexibility index (Phi) is 5.94. The highest BCUT2D eigenvalue weighted by Crippen LogP contribution is 2.24. The molecule has 6 heteroatoms. The van der Waals surface area contributed by atoms with Crippen molar-refractivity contribution in [3.63, 3.8) is 0 Å². The third-order valence-corrected chi connectivity index (χ3v) is 8.26. The zero-order valence-electron chi connectivity index (χ0n) is 12.2. The van der Waals surface area contributed by atoms with Crippen molar-refractivity contribution in [1.82, 2.24) is 0 Å². The fraction of sp³-hybridized carbons (Fsp3) is 0.0769. The molecular formula is C13H18Al4N2. The first kappa shape index (κ1) is 15.6. The Labute approximate surface area is 146 Å². The highest BCUT2D eigenvalue weighted by atomic mass is 27.2. The lowest BCUT2D eigenvalue weighted by Gasteiger charge is -2.19. The molecule has 0 fully saturated rings. The van der Waals surface area contributed by atoms with Crippen molar-refractivity contribution in [2.45, 2.75) is 5.79 Å². The van der Waals surface area contributed by atoms with Crippen molar-refractivity contribution in [2.75, 3.05) is 5.73 Å². The highest BCUT2D eigenvalue weighted by Gasteiger charge is 2.01. The first-order chi connectivity index (χ1) is 9.11. The number of hydrogen-bond acceptors (Lipinski definition) is 2. The summed E-state index contributed by atoms with van der Waals surface area (Å²) in [4.78, 5) is 0. The summed E-state index contributed by atoms with van der Waals surface area (Å²) in [5, 5.41) is 0. The predicted octanol–water partition coefficient (Wildman–Crippen LogP) is 0.0103. The van der Waals surface area contributed by atoms with Gasteiger partial charge in [-0.3, -0.25) is 0 Å². The number of anilines is 2. The third kappa shape index (κ3) is 4.07. The van der Waals surface area contributed by atoms with Gasteiger partial charge in [-0.05, 0) is 46.8 Å². The van der Waals surface area contributed by atoms with Crippen molar-refractivity contribution in [3.8, 4) is 11.1 Å². The molecule has 0 bridgehead atoms. The first-order valence-corrected chi connectivity index (χ1v) is 11.4. The molecule has 19 heavy (non-hydrogen) atoms. The van der Waals surface area contributed by atoms with Crippen molar-refractivity contribution >= 4 is 76.3 Å². The van der Waals surface area contributed by atoms with Crippen molar-refractivity contribution in [1.29, 1.82) is 0 Å². The maximum atomic E-state index is 2.52. The fourth-order valence-electron chi connectivity index (χ4n) is 2.04. The summed E-state index contributed by atoms with van der Waals surface area (Å²) in [6, 6.07) is 18.0. The summed E-state index contributed by atoms with van der Waals surface area (Å²) in [7, 11) is 0. The second-order valence-corrected chi connectivity index (χ2v) is 13.4. The van der Waals surface area contributed by atoms with E-state index in [9.17, 15) is 0 Å². The number of benzene rings is 2. The predicted molar refractivity (Wildman–Crippen MR) is 95.5 cm³/mol. The van der Waals surface area contributed by atoms with Gasteiger partial charge in [0, 0.05) is 0 Å². The lowest BCUT2D eigenvalue weighted by Crippen LogP contribution is -2.20. The summed E-state index contributed by atoms with van der Waals surface area (Å²) >= 11 is 3.32. The van der Waals surface area contributed by atoms with Gasteiger partial charge in [0.15, 0.2) is 0 Å². The van der Waals surface area contributed by atoms with Crippen molar-refractivity contribution in [2.24, 2.45) is 0 Å². The Morgan fingerprint density at radius 3 is 1.53 bits per heavy atom. The molecular weight excluding hydrogens is 292 g/mol. The molecule has 0 unspecified atom stereocenters. The standard InChI is InChI=1S/C12H8N2.CH3.4Al.7H/c13-11-5-1-9(2-6-11)10-3-7-12(14)8-4-10;;;;;;;;;;;;/h1-8H;1H3;;;;;;;;;;;. The largest absolute Gasteiger partial charge is 0.570 e. The molecule has 0 saturated heterocycles. The van der Waals surface area contributed by atoms with Gasteiger partial charge in [-0.15, -0.1) is 0 Å². The lowest BCUT2D eigenvalue weighted by atomic mass is 10.1. The lowest BCUT2D eigenvalue weighted by molar-refractivity contribution is 1.53. The van der Waals surface area contributed by atoms with Gasteiger partial charge in [0.05, 0.1) is 0 Å². The molecule has 0 atom stereocenters. The molecule has 0 aliphatic heterocycles. The van der Waals surface area contributed by atoms with Gasteiger partial charge in [-0.2, -0.15) is 0 Å². The van der Waals surface area contributed by atoms with Crippen LogP contribution in [0.5, 0.6) is 0 Å². The summed E-state index contributed by atoms with van der Waals surface area (Å²) in [5.74, 6) is 2.34. The average molecular weight is 310 g/mol. The Balaban J connectivity index is 2.22. The van der Waals surface area contributed by atoms with Gasteiger partial charge in [-0.1, -0.05) is 30.1 Å². The van der Waals surface area contributed by atoms with Crippen molar-refractivity contribution < 1.29 is 0 Å². The van der Waals surface area contributed by atoms with E-state index in [-0.39, 0.29) is 15.4 Å². The fourth-order valence-corrected chi connectivity index (χ4v) is 3.51. The minimum absolute atomic E-state index is 0.0523. The molecule has 2 rings (SSSR count). The average Bonchev–Trinajstić information content (AvgIpc) is 2.46. The van der Waals surface area contributed by atoms with Crippen LogP contribution in [0, 0.1) is 0 Å². The topological polar surface area (TPSA) is 6.48 Å². The molecule has 2 aromatic carbocycles. The second kappa shape index (κ2) is 7.26. The van der Waals surface area contributed by atoms with Crippen LogP contribution in [-0.4, -0.2) is 65.0 Å². The van der Waals surface area contributed by atoms with E-state index in [0.717, 1.165) is 49.5 Å². The molecule has 0 aliphatic rings. The van der Waals surface area contributed by atoms with E-state index in [0.29, 0.717) is 0 Å². The number of hydrogen-bond donors (Lipinski definition) is 0. The van der Waals surface area contributed by atoms with Crippen LogP contribution in [0.4, 0.5) is 11.4 Å². The van der Waals surface area contributed by atoms with E-state index < -0.39 is 0 Å². The normalized spacial score (nSPS) is 9.95. The summed E-state index contributed by atoms with van der Waals surface area (Å²) < 4.78 is 4.92. The van der Waals surface area contributed by atoms with Gasteiger partial charge < -0.3 is 5.73 Å². The maximum Gasteiger partial charge on any atom is 0.359 e. The molecule has 0 spiro atoms. The smallest absolute Gasteiger partial charge is 0.359 e. The Morgan fingerprint density at radius 2 is 1.16 bits per heavy atom. The quantitative estimate of drug-likeness (QED) is 0.734. The molecule has 0 heterocycles. The van der Waals surface area contributed by atoms with E-state index in [1.54, 1.807) is 0 Å². The van der Waals surface area contributed by atoms with Crippen LogP contribution in [-0.2, 0) is 0 Å². The van der Waals surface area contributed by atoms with E-state index in [1.807, 2.05) is 0 Å². The molecule has 0 aliphatic carbocycles. The molecule has 2 aromatic rings. The van der Waals surface area contributed by atoms with Crippen LogP contribution in [0.25, 0.3) is 11.1 Å². The minimum atomic E-state index is -0.0523. The number of nitrogens with zero attached hydrogens (tertiary/aromatic N) is 2. The third-order valence-electron chi connectivity index (χ3n) is 3.50. The van der Waals surface area contributed by atoms with Gasteiger partial charge in [-0.25, -0.2) is 0 Å². The molecule has 0 radical (unpaired) electrons. The zero-order chi connectivity index (χ0) is 13.8. The van der Waals surface area contributed by atoms with E-state index >= 15 is 0 Å². The molecule has 0 aromatic heterocycles. The van der Waals surface area contributed by atoms with Crippen LogP contribution in [0.1, 0.15) is 0 Å². The van der Waals surface area contributed by atoms with Gasteiger partial charge >= 0.3 is 65.0 Å². The molecule has 2 nitrogen and oxygen atoms in total. The maximum absolute atomic E-state index is 2.52. The van der Waals surface area contributed by atoms with Crippen LogP contribution >= 0.6 is 0 Å². The van der Waals surface area contributed by atoms with Crippen molar-refractivity contribution in [3.05, 3.63) is 48.5 Å². The summed E-state index contributed by atoms with van der Waals surface area (Å²) in [6.07, 6.45) is 0. The van der Waals surface area contributed by atoms with Crippen LogP contribution in [0.2, 0.25) is 5.79 Å². The Bertz CT molecular complexity index is 525. The highest BCUT2D eigenvalue weighted by molar-refractivity contribution is 6.53. The van der Waals surface area contributed by atoms with Crippen LogP contribution in [0.3, 0.4) is 0 Å². The second-order valence-electron chi connectivity index (χ2n) is 5.00. The molecule has 92 valence electrons. The molecule has 0 N–H and O–H groups in total.